The second-order valence-corrected chi connectivity index (χ2v) is 5.77. The van der Waals surface area contributed by atoms with Crippen molar-refractivity contribution in [3.8, 4) is 5.75 Å². The van der Waals surface area contributed by atoms with Gasteiger partial charge in [0.25, 0.3) is 0 Å². The molecule has 5 nitrogen and oxygen atoms in total. The second-order valence-electron chi connectivity index (χ2n) is 5.77. The largest absolute Gasteiger partial charge is 0.491 e. The number of ether oxygens (including phenoxy) is 1. The van der Waals surface area contributed by atoms with E-state index in [4.69, 9.17) is 9.84 Å². The van der Waals surface area contributed by atoms with Crippen molar-refractivity contribution >= 4 is 5.97 Å². The molecule has 0 amide bonds. The van der Waals surface area contributed by atoms with Crippen molar-refractivity contribution in [2.45, 2.75) is 38.0 Å². The Morgan fingerprint density at radius 3 is 2.85 bits per heavy atom. The van der Waals surface area contributed by atoms with Crippen LogP contribution in [-0.4, -0.2) is 34.9 Å². The molecule has 0 aromatic heterocycles. The number of rotatable bonds is 3. The highest BCUT2D eigenvalue weighted by molar-refractivity contribution is 5.71. The van der Waals surface area contributed by atoms with Gasteiger partial charge < -0.3 is 20.3 Å². The van der Waals surface area contributed by atoms with E-state index in [0.717, 1.165) is 16.9 Å². The number of benzene rings is 1. The van der Waals surface area contributed by atoms with E-state index in [0.29, 0.717) is 19.4 Å². The number of aliphatic hydroxyl groups is 1. The number of carbonyl (C=O) groups is 1. The van der Waals surface area contributed by atoms with E-state index in [1.54, 1.807) is 0 Å². The van der Waals surface area contributed by atoms with Crippen molar-refractivity contribution < 1.29 is 19.7 Å². The van der Waals surface area contributed by atoms with Crippen molar-refractivity contribution in [1.82, 2.24) is 5.32 Å². The van der Waals surface area contributed by atoms with Gasteiger partial charge in [-0.15, -0.1) is 0 Å². The Kier molecular flexibility index (Phi) is 3.40. The lowest BCUT2D eigenvalue weighted by atomic mass is 9.79. The summed E-state index contributed by atoms with van der Waals surface area (Å²) in [6, 6.07) is 5.76. The lowest BCUT2D eigenvalue weighted by molar-refractivity contribution is -0.145. The van der Waals surface area contributed by atoms with Gasteiger partial charge in [-0.25, -0.2) is 0 Å². The molecule has 0 radical (unpaired) electrons. The molecule has 1 saturated carbocycles. The average molecular weight is 277 g/mol. The third-order valence-electron chi connectivity index (χ3n) is 4.22. The molecule has 1 aliphatic carbocycles. The maximum Gasteiger partial charge on any atom is 0.306 e. The van der Waals surface area contributed by atoms with Gasteiger partial charge in [0, 0.05) is 11.6 Å². The zero-order valence-electron chi connectivity index (χ0n) is 11.4. The third-order valence-corrected chi connectivity index (χ3v) is 4.22. The molecule has 20 heavy (non-hydrogen) atoms. The number of carboxylic acid groups (broad SMARTS) is 1. The SMILES string of the molecule is Cc1ccc2c(c1)OC[C@H](NC1CC(C(=O)O)C1)[C@@H]2O. The Balaban J connectivity index is 1.63. The lowest BCUT2D eigenvalue weighted by Gasteiger charge is -2.39. The summed E-state index contributed by atoms with van der Waals surface area (Å²) >= 11 is 0. The molecule has 2 atom stereocenters. The van der Waals surface area contributed by atoms with Gasteiger partial charge in [0.1, 0.15) is 18.5 Å². The predicted octanol–water partition coefficient (Wildman–Crippen LogP) is 1.24. The average Bonchev–Trinajstić information content (AvgIpc) is 2.34. The van der Waals surface area contributed by atoms with E-state index in [-0.39, 0.29) is 18.0 Å². The van der Waals surface area contributed by atoms with Gasteiger partial charge in [-0.3, -0.25) is 4.79 Å². The lowest BCUT2D eigenvalue weighted by Crippen LogP contribution is -2.53. The first-order valence-electron chi connectivity index (χ1n) is 6.95. The topological polar surface area (TPSA) is 78.8 Å². The molecule has 0 unspecified atom stereocenters. The number of aliphatic hydroxyl groups excluding tert-OH is 1. The number of fused-ring (bicyclic) bond motifs is 1. The van der Waals surface area contributed by atoms with Crippen LogP contribution in [0, 0.1) is 12.8 Å². The maximum absolute atomic E-state index is 10.8. The minimum atomic E-state index is -0.732. The van der Waals surface area contributed by atoms with E-state index in [1.165, 1.54) is 0 Å². The first kappa shape index (κ1) is 13.4. The smallest absolute Gasteiger partial charge is 0.306 e. The first-order chi connectivity index (χ1) is 9.54. The summed E-state index contributed by atoms with van der Waals surface area (Å²) in [5.74, 6) is -0.235. The molecule has 1 aliphatic heterocycles. The molecular weight excluding hydrogens is 258 g/mol. The van der Waals surface area contributed by atoms with Gasteiger partial charge in [-0.05, 0) is 31.4 Å². The fourth-order valence-corrected chi connectivity index (χ4v) is 2.90. The molecule has 2 aliphatic rings. The van der Waals surface area contributed by atoms with Crippen molar-refractivity contribution in [1.29, 1.82) is 0 Å². The number of hydrogen-bond donors (Lipinski definition) is 3. The van der Waals surface area contributed by atoms with Crippen LogP contribution in [0.15, 0.2) is 18.2 Å². The standard InChI is InChI=1S/C15H19NO4/c1-8-2-3-11-13(4-8)20-7-12(14(11)17)16-10-5-9(6-10)15(18)19/h2-4,9-10,12,14,16-17H,5-7H2,1H3,(H,18,19)/t9?,10?,12-,14+/m0/s1. The van der Waals surface area contributed by atoms with E-state index < -0.39 is 12.1 Å². The van der Waals surface area contributed by atoms with Crippen LogP contribution in [0.2, 0.25) is 0 Å². The molecule has 108 valence electrons. The molecule has 1 heterocycles. The molecule has 0 saturated heterocycles. The number of carboxylic acids is 1. The number of aryl methyl sites for hydroxylation is 1. The molecule has 1 aromatic carbocycles. The molecule has 1 fully saturated rings. The minimum Gasteiger partial charge on any atom is -0.491 e. The Bertz CT molecular complexity index is 525. The van der Waals surface area contributed by atoms with Gasteiger partial charge >= 0.3 is 5.97 Å². The van der Waals surface area contributed by atoms with Crippen LogP contribution in [-0.2, 0) is 4.79 Å². The normalized spacial score (nSPS) is 31.9. The highest BCUT2D eigenvalue weighted by Gasteiger charge is 2.38. The summed E-state index contributed by atoms with van der Waals surface area (Å²) in [6.45, 7) is 2.40. The highest BCUT2D eigenvalue weighted by Crippen LogP contribution is 2.35. The maximum atomic E-state index is 10.8. The molecule has 3 rings (SSSR count). The van der Waals surface area contributed by atoms with Gasteiger partial charge in [-0.2, -0.15) is 0 Å². The minimum absolute atomic E-state index is 0.159. The van der Waals surface area contributed by atoms with Crippen LogP contribution in [0.4, 0.5) is 0 Å². The van der Waals surface area contributed by atoms with Gasteiger partial charge in [0.15, 0.2) is 0 Å². The summed E-state index contributed by atoms with van der Waals surface area (Å²) < 4.78 is 5.69. The van der Waals surface area contributed by atoms with E-state index in [1.807, 2.05) is 25.1 Å². The van der Waals surface area contributed by atoms with Crippen LogP contribution in [0.1, 0.15) is 30.1 Å². The Hall–Kier alpha value is -1.59. The summed E-state index contributed by atoms with van der Waals surface area (Å²) in [4.78, 5) is 10.8. The van der Waals surface area contributed by atoms with Crippen molar-refractivity contribution in [3.05, 3.63) is 29.3 Å². The monoisotopic (exact) mass is 277 g/mol. The van der Waals surface area contributed by atoms with Crippen molar-refractivity contribution in [3.63, 3.8) is 0 Å². The van der Waals surface area contributed by atoms with Gasteiger partial charge in [0.05, 0.1) is 12.0 Å². The second kappa shape index (κ2) is 5.07. The van der Waals surface area contributed by atoms with Crippen molar-refractivity contribution in [2.75, 3.05) is 6.61 Å². The van der Waals surface area contributed by atoms with E-state index >= 15 is 0 Å². The quantitative estimate of drug-likeness (QED) is 0.775. The first-order valence-corrected chi connectivity index (χ1v) is 6.95. The fraction of sp³-hybridized carbons (Fsp3) is 0.533. The molecule has 0 spiro atoms. The fourth-order valence-electron chi connectivity index (χ4n) is 2.90. The molecule has 0 bridgehead atoms. The van der Waals surface area contributed by atoms with Crippen LogP contribution in [0.5, 0.6) is 5.75 Å². The van der Waals surface area contributed by atoms with Crippen LogP contribution < -0.4 is 10.1 Å². The Morgan fingerprint density at radius 2 is 2.15 bits per heavy atom. The zero-order valence-corrected chi connectivity index (χ0v) is 11.4. The molecule has 3 N–H and O–H groups in total. The molecular formula is C15H19NO4. The molecule has 1 aromatic rings. The van der Waals surface area contributed by atoms with E-state index in [9.17, 15) is 9.90 Å². The summed E-state index contributed by atoms with van der Waals surface area (Å²) in [7, 11) is 0. The Morgan fingerprint density at radius 1 is 1.40 bits per heavy atom. The summed E-state index contributed by atoms with van der Waals surface area (Å²) in [5.41, 5.74) is 1.90. The Labute approximate surface area is 117 Å². The number of nitrogens with one attached hydrogen (secondary N) is 1. The van der Waals surface area contributed by atoms with Gasteiger partial charge in [0.2, 0.25) is 0 Å². The van der Waals surface area contributed by atoms with Crippen LogP contribution >= 0.6 is 0 Å². The molecule has 5 heteroatoms. The number of aliphatic carboxylic acids is 1. The van der Waals surface area contributed by atoms with Crippen LogP contribution in [0.25, 0.3) is 0 Å². The number of hydrogen-bond acceptors (Lipinski definition) is 4. The van der Waals surface area contributed by atoms with Gasteiger partial charge in [-0.1, -0.05) is 12.1 Å². The van der Waals surface area contributed by atoms with Crippen molar-refractivity contribution in [2.24, 2.45) is 5.92 Å². The van der Waals surface area contributed by atoms with E-state index in [2.05, 4.69) is 5.32 Å². The zero-order chi connectivity index (χ0) is 14.3. The summed E-state index contributed by atoms with van der Waals surface area (Å²) in [6.07, 6.45) is 0.641. The van der Waals surface area contributed by atoms with Crippen LogP contribution in [0.3, 0.4) is 0 Å². The highest BCUT2D eigenvalue weighted by atomic mass is 16.5. The summed E-state index contributed by atoms with van der Waals surface area (Å²) in [5, 5.41) is 22.6. The predicted molar refractivity (Wildman–Crippen MR) is 72.7 cm³/mol. The third kappa shape index (κ3) is 2.39.